The molecule has 2 aromatic carbocycles. The first-order chi connectivity index (χ1) is 10.1. The molecule has 0 saturated carbocycles. The summed E-state index contributed by atoms with van der Waals surface area (Å²) < 4.78 is 0. The highest BCUT2D eigenvalue weighted by Crippen LogP contribution is 2.15. The maximum atomic E-state index is 12.1. The van der Waals surface area contributed by atoms with Gasteiger partial charge < -0.3 is 10.6 Å². The molecule has 4 nitrogen and oxygen atoms in total. The maximum absolute atomic E-state index is 12.1. The number of anilines is 1. The van der Waals surface area contributed by atoms with Crippen LogP contribution in [0.25, 0.3) is 0 Å². The highest BCUT2D eigenvalue weighted by atomic mass is 16.1. The molecule has 1 amide bonds. The van der Waals surface area contributed by atoms with Crippen LogP contribution in [0.2, 0.25) is 0 Å². The van der Waals surface area contributed by atoms with Gasteiger partial charge in [-0.15, -0.1) is 0 Å². The van der Waals surface area contributed by atoms with Gasteiger partial charge in [-0.3, -0.25) is 4.79 Å². The summed E-state index contributed by atoms with van der Waals surface area (Å²) in [6.45, 7) is 2.40. The number of benzene rings is 2. The van der Waals surface area contributed by atoms with Gasteiger partial charge in [-0.05, 0) is 48.4 Å². The molecule has 2 N–H and O–H groups in total. The molecule has 0 heterocycles. The highest BCUT2D eigenvalue weighted by molar-refractivity contribution is 5.94. The van der Waals surface area contributed by atoms with Gasteiger partial charge in [0.05, 0.1) is 11.6 Å². The number of hydrogen-bond donors (Lipinski definition) is 2. The maximum Gasteiger partial charge on any atom is 0.251 e. The highest BCUT2D eigenvalue weighted by Gasteiger charge is 2.07. The van der Waals surface area contributed by atoms with E-state index in [1.165, 1.54) is 0 Å². The Hall–Kier alpha value is -2.80. The number of aryl methyl sites for hydroxylation is 1. The molecule has 0 aliphatic carbocycles. The standard InChI is InChI=1S/C17H17N3O/c1-12-9-15(7-8-16(12)19-2)17(21)20-11-14-5-3-13(10-18)4-6-14/h3-9,19H,11H2,1-2H3,(H,20,21). The van der Waals surface area contributed by atoms with Crippen LogP contribution in [-0.4, -0.2) is 13.0 Å². The molecule has 106 valence electrons. The number of hydrogen-bond acceptors (Lipinski definition) is 3. The molecule has 0 radical (unpaired) electrons. The summed E-state index contributed by atoms with van der Waals surface area (Å²) in [7, 11) is 1.85. The Morgan fingerprint density at radius 1 is 1.19 bits per heavy atom. The zero-order valence-electron chi connectivity index (χ0n) is 12.1. The molecule has 0 atom stereocenters. The van der Waals surface area contributed by atoms with Crippen molar-refractivity contribution in [2.75, 3.05) is 12.4 Å². The lowest BCUT2D eigenvalue weighted by Crippen LogP contribution is -2.22. The molecule has 0 unspecified atom stereocenters. The second-order valence-corrected chi connectivity index (χ2v) is 4.77. The third kappa shape index (κ3) is 3.61. The van der Waals surface area contributed by atoms with Crippen molar-refractivity contribution in [2.24, 2.45) is 0 Å². The molecule has 2 aromatic rings. The fraction of sp³-hybridized carbons (Fsp3) is 0.176. The lowest BCUT2D eigenvalue weighted by molar-refractivity contribution is 0.0951. The minimum Gasteiger partial charge on any atom is -0.388 e. The topological polar surface area (TPSA) is 64.9 Å². The quantitative estimate of drug-likeness (QED) is 0.904. The van der Waals surface area contributed by atoms with E-state index in [0.29, 0.717) is 17.7 Å². The van der Waals surface area contributed by atoms with Gasteiger partial charge in [-0.25, -0.2) is 0 Å². The van der Waals surface area contributed by atoms with E-state index in [4.69, 9.17) is 5.26 Å². The van der Waals surface area contributed by atoms with Crippen molar-refractivity contribution in [1.29, 1.82) is 5.26 Å². The van der Waals surface area contributed by atoms with Crippen molar-refractivity contribution in [2.45, 2.75) is 13.5 Å². The van der Waals surface area contributed by atoms with Crippen LogP contribution in [-0.2, 0) is 6.54 Å². The van der Waals surface area contributed by atoms with E-state index in [9.17, 15) is 4.79 Å². The third-order valence-corrected chi connectivity index (χ3v) is 3.29. The van der Waals surface area contributed by atoms with Crippen LogP contribution in [0.4, 0.5) is 5.69 Å². The fourth-order valence-corrected chi connectivity index (χ4v) is 2.07. The lowest BCUT2D eigenvalue weighted by atomic mass is 10.1. The number of rotatable bonds is 4. The van der Waals surface area contributed by atoms with Gasteiger partial charge in [0.1, 0.15) is 0 Å². The summed E-state index contributed by atoms with van der Waals surface area (Å²) in [5.41, 5.74) is 4.26. The Bertz CT molecular complexity index is 684. The molecular weight excluding hydrogens is 262 g/mol. The first kappa shape index (κ1) is 14.6. The fourth-order valence-electron chi connectivity index (χ4n) is 2.07. The van der Waals surface area contributed by atoms with Gasteiger partial charge in [0.2, 0.25) is 0 Å². The second kappa shape index (κ2) is 6.58. The van der Waals surface area contributed by atoms with Crippen LogP contribution < -0.4 is 10.6 Å². The third-order valence-electron chi connectivity index (χ3n) is 3.29. The Balaban J connectivity index is 2.01. The van der Waals surface area contributed by atoms with Crippen LogP contribution in [0.15, 0.2) is 42.5 Å². The zero-order valence-corrected chi connectivity index (χ0v) is 12.1. The Morgan fingerprint density at radius 2 is 1.90 bits per heavy atom. The largest absolute Gasteiger partial charge is 0.388 e. The molecule has 0 bridgehead atoms. The molecule has 0 fully saturated rings. The summed E-state index contributed by atoms with van der Waals surface area (Å²) in [5, 5.41) is 14.7. The summed E-state index contributed by atoms with van der Waals surface area (Å²) >= 11 is 0. The summed E-state index contributed by atoms with van der Waals surface area (Å²) in [5.74, 6) is -0.106. The average molecular weight is 279 g/mol. The van der Waals surface area contributed by atoms with Crippen molar-refractivity contribution in [3.05, 3.63) is 64.7 Å². The van der Waals surface area contributed by atoms with Gasteiger partial charge in [0.25, 0.3) is 5.91 Å². The van der Waals surface area contributed by atoms with E-state index in [0.717, 1.165) is 16.8 Å². The van der Waals surface area contributed by atoms with Gasteiger partial charge >= 0.3 is 0 Å². The molecule has 0 aliphatic heterocycles. The molecule has 0 spiro atoms. The minimum absolute atomic E-state index is 0.106. The van der Waals surface area contributed by atoms with Gasteiger partial charge in [-0.1, -0.05) is 12.1 Å². The summed E-state index contributed by atoms with van der Waals surface area (Å²) in [6.07, 6.45) is 0. The minimum atomic E-state index is -0.106. The molecule has 0 aliphatic rings. The summed E-state index contributed by atoms with van der Waals surface area (Å²) in [4.78, 5) is 12.1. The number of carbonyl (C=O) groups excluding carboxylic acids is 1. The summed E-state index contributed by atoms with van der Waals surface area (Å²) in [6, 6.07) is 14.8. The molecule has 21 heavy (non-hydrogen) atoms. The molecule has 0 aromatic heterocycles. The SMILES string of the molecule is CNc1ccc(C(=O)NCc2ccc(C#N)cc2)cc1C. The van der Waals surface area contributed by atoms with Gasteiger partial charge in [0, 0.05) is 24.8 Å². The van der Waals surface area contributed by atoms with Crippen molar-refractivity contribution < 1.29 is 4.79 Å². The Morgan fingerprint density at radius 3 is 2.48 bits per heavy atom. The number of carbonyl (C=O) groups is 1. The number of nitrogens with one attached hydrogen (secondary N) is 2. The van der Waals surface area contributed by atoms with Crippen LogP contribution in [0.5, 0.6) is 0 Å². The molecular formula is C17H17N3O. The van der Waals surface area contributed by atoms with Crippen LogP contribution >= 0.6 is 0 Å². The van der Waals surface area contributed by atoms with Crippen LogP contribution in [0.1, 0.15) is 27.0 Å². The van der Waals surface area contributed by atoms with E-state index in [2.05, 4.69) is 16.7 Å². The van der Waals surface area contributed by atoms with Crippen molar-refractivity contribution in [3.63, 3.8) is 0 Å². The number of amides is 1. The Kier molecular flexibility index (Phi) is 4.57. The predicted molar refractivity (Wildman–Crippen MR) is 83.1 cm³/mol. The van der Waals surface area contributed by atoms with E-state index < -0.39 is 0 Å². The van der Waals surface area contributed by atoms with Crippen molar-refractivity contribution >= 4 is 11.6 Å². The predicted octanol–water partition coefficient (Wildman–Crippen LogP) is 2.84. The van der Waals surface area contributed by atoms with Crippen LogP contribution in [0, 0.1) is 18.3 Å². The smallest absolute Gasteiger partial charge is 0.251 e. The van der Waals surface area contributed by atoms with E-state index >= 15 is 0 Å². The van der Waals surface area contributed by atoms with E-state index in [1.807, 2.05) is 38.2 Å². The van der Waals surface area contributed by atoms with Crippen LogP contribution in [0.3, 0.4) is 0 Å². The monoisotopic (exact) mass is 279 g/mol. The van der Waals surface area contributed by atoms with Gasteiger partial charge in [0.15, 0.2) is 0 Å². The molecule has 4 heteroatoms. The normalized spacial score (nSPS) is 9.76. The zero-order chi connectivity index (χ0) is 15.2. The van der Waals surface area contributed by atoms with E-state index in [1.54, 1.807) is 18.2 Å². The number of nitriles is 1. The second-order valence-electron chi connectivity index (χ2n) is 4.77. The van der Waals surface area contributed by atoms with E-state index in [-0.39, 0.29) is 5.91 Å². The van der Waals surface area contributed by atoms with Gasteiger partial charge in [-0.2, -0.15) is 5.26 Å². The average Bonchev–Trinajstić information content (AvgIpc) is 2.53. The lowest BCUT2D eigenvalue weighted by Gasteiger charge is -2.09. The van der Waals surface area contributed by atoms with Crippen molar-refractivity contribution in [1.82, 2.24) is 5.32 Å². The van der Waals surface area contributed by atoms with Crippen molar-refractivity contribution in [3.8, 4) is 6.07 Å². The molecule has 0 saturated heterocycles. The molecule has 2 rings (SSSR count). The first-order valence-corrected chi connectivity index (χ1v) is 6.69. The first-order valence-electron chi connectivity index (χ1n) is 6.69. The number of nitrogens with zero attached hydrogens (tertiary/aromatic N) is 1. The Labute approximate surface area is 124 Å².